The first-order valence-electron chi connectivity index (χ1n) is 17.3. The van der Waals surface area contributed by atoms with Gasteiger partial charge in [-0.3, -0.25) is 9.28 Å². The maximum atomic E-state index is 12.5. The standard InChI is InChI=1S/C24H20B.C23H24NO/c1-5-13-21(14-6-1)25(22-15-7-2-8-16-22,23-17-9-3-10-18-23)24-19-11-4-12-20-24;1-18-9-15-22(16-10-18)24(2,3)17-19-11-13-21(14-12-19)23(25)20-7-5-4-6-8-20/h1-20H;4-16H,17H2,1-3H3/q-1;+1. The lowest BCUT2D eigenvalue weighted by Crippen LogP contribution is -2.74. The summed E-state index contributed by atoms with van der Waals surface area (Å²) in [5, 5.41) is 0. The van der Waals surface area contributed by atoms with Crippen LogP contribution < -0.4 is 26.3 Å². The molecule has 3 heteroatoms. The van der Waals surface area contributed by atoms with E-state index in [-0.39, 0.29) is 5.78 Å². The number of aryl methyl sites for hydroxylation is 1. The largest absolute Gasteiger partial charge is 0.292 e. The molecule has 0 N–H and O–H groups in total. The number of nitrogens with zero attached hydrogens (tertiary/aromatic N) is 1. The normalized spacial score (nSPS) is 11.3. The lowest BCUT2D eigenvalue weighted by Gasteiger charge is -2.44. The van der Waals surface area contributed by atoms with Crippen LogP contribution in [0.2, 0.25) is 0 Å². The van der Waals surface area contributed by atoms with E-state index in [9.17, 15) is 4.79 Å². The highest BCUT2D eigenvalue weighted by atomic mass is 16.1. The highest BCUT2D eigenvalue weighted by molar-refractivity contribution is 7.19. The van der Waals surface area contributed by atoms with Crippen LogP contribution in [0.15, 0.2) is 200 Å². The molecule has 7 aromatic carbocycles. The molecule has 0 saturated heterocycles. The Morgan fingerprint density at radius 1 is 0.440 bits per heavy atom. The van der Waals surface area contributed by atoms with Gasteiger partial charge < -0.3 is 0 Å². The Kier molecular flexibility index (Phi) is 10.7. The third-order valence-corrected chi connectivity index (χ3v) is 9.76. The van der Waals surface area contributed by atoms with Gasteiger partial charge in [0.1, 0.15) is 18.4 Å². The first-order valence-corrected chi connectivity index (χ1v) is 17.3. The molecular weight excluding hydrogens is 605 g/mol. The van der Waals surface area contributed by atoms with E-state index in [0.29, 0.717) is 0 Å². The van der Waals surface area contributed by atoms with Crippen LogP contribution in [0.5, 0.6) is 0 Å². The van der Waals surface area contributed by atoms with Crippen LogP contribution in [0.4, 0.5) is 5.69 Å². The molecule has 0 heterocycles. The molecule has 50 heavy (non-hydrogen) atoms. The van der Waals surface area contributed by atoms with E-state index in [1.54, 1.807) is 0 Å². The van der Waals surface area contributed by atoms with Crippen LogP contribution >= 0.6 is 0 Å². The molecule has 0 atom stereocenters. The van der Waals surface area contributed by atoms with Crippen molar-refractivity contribution < 1.29 is 4.79 Å². The predicted octanol–water partition coefficient (Wildman–Crippen LogP) is 8.06. The molecular formula is C47H44BNO. The molecule has 0 spiro atoms. The number of ketones is 1. The third kappa shape index (κ3) is 7.60. The van der Waals surface area contributed by atoms with E-state index in [1.165, 1.54) is 38.7 Å². The molecule has 0 aliphatic rings. The Balaban J connectivity index is 0.000000173. The molecule has 0 amide bonds. The van der Waals surface area contributed by atoms with Gasteiger partial charge in [0.05, 0.1) is 14.1 Å². The SMILES string of the molecule is Cc1ccc([N+](C)(C)Cc2ccc(C(=O)c3ccccc3)cc2)cc1.c1ccc([B-](c2ccccc2)(c2ccccc2)c2ccccc2)cc1. The molecule has 0 aromatic heterocycles. The van der Waals surface area contributed by atoms with Gasteiger partial charge in [-0.25, -0.2) is 0 Å². The maximum Gasteiger partial charge on any atom is 0.193 e. The van der Waals surface area contributed by atoms with Gasteiger partial charge in [0, 0.05) is 16.7 Å². The van der Waals surface area contributed by atoms with Crippen molar-refractivity contribution in [2.75, 3.05) is 14.1 Å². The number of carbonyl (C=O) groups is 1. The minimum atomic E-state index is -1.22. The van der Waals surface area contributed by atoms with E-state index in [0.717, 1.165) is 22.2 Å². The summed E-state index contributed by atoms with van der Waals surface area (Å²) in [7, 11) is 4.40. The zero-order valence-corrected chi connectivity index (χ0v) is 29.2. The van der Waals surface area contributed by atoms with Gasteiger partial charge in [-0.05, 0) is 19.1 Å². The third-order valence-electron chi connectivity index (χ3n) is 9.76. The van der Waals surface area contributed by atoms with Gasteiger partial charge in [0.25, 0.3) is 0 Å². The van der Waals surface area contributed by atoms with Crippen molar-refractivity contribution in [1.82, 2.24) is 4.48 Å². The number of benzene rings is 7. The summed E-state index contributed by atoms with van der Waals surface area (Å²) in [6, 6.07) is 69.6. The summed E-state index contributed by atoms with van der Waals surface area (Å²) in [6.45, 7) is 2.98. The van der Waals surface area contributed by atoms with Gasteiger partial charge in [0.15, 0.2) is 5.78 Å². The van der Waals surface area contributed by atoms with Crippen LogP contribution in [0.3, 0.4) is 0 Å². The molecule has 0 saturated carbocycles. The molecule has 7 aromatic rings. The lowest BCUT2D eigenvalue weighted by molar-refractivity contribution is 0.103. The quantitative estimate of drug-likeness (QED) is 0.0879. The lowest BCUT2D eigenvalue weighted by atomic mass is 9.13. The van der Waals surface area contributed by atoms with E-state index in [1.807, 2.05) is 42.5 Å². The van der Waals surface area contributed by atoms with E-state index >= 15 is 0 Å². The average molecular weight is 650 g/mol. The van der Waals surface area contributed by atoms with Gasteiger partial charge in [-0.2, -0.15) is 21.9 Å². The number of rotatable bonds is 9. The Hall–Kier alpha value is -5.77. The Bertz CT molecular complexity index is 1920. The average Bonchev–Trinajstić information content (AvgIpc) is 3.18. The maximum absolute atomic E-state index is 12.5. The molecule has 2 nitrogen and oxygen atoms in total. The Morgan fingerprint density at radius 2 is 0.780 bits per heavy atom. The molecule has 0 unspecified atom stereocenters. The fourth-order valence-electron chi connectivity index (χ4n) is 7.14. The summed E-state index contributed by atoms with van der Waals surface area (Å²) in [5.74, 6) is 0.0689. The Morgan fingerprint density at radius 3 is 1.16 bits per heavy atom. The zero-order valence-electron chi connectivity index (χ0n) is 29.2. The van der Waals surface area contributed by atoms with Crippen molar-refractivity contribution in [2.45, 2.75) is 13.5 Å². The topological polar surface area (TPSA) is 17.1 Å². The molecule has 0 aliphatic heterocycles. The number of quaternary nitrogens is 1. The number of hydrogen-bond donors (Lipinski definition) is 0. The first-order chi connectivity index (χ1) is 24.4. The van der Waals surface area contributed by atoms with Crippen LogP contribution in [0, 0.1) is 6.92 Å². The van der Waals surface area contributed by atoms with Crippen molar-refractivity contribution in [3.63, 3.8) is 0 Å². The second-order valence-corrected chi connectivity index (χ2v) is 13.6. The number of hydrogen-bond acceptors (Lipinski definition) is 1. The summed E-state index contributed by atoms with van der Waals surface area (Å²) in [6.07, 6.45) is -1.22. The van der Waals surface area contributed by atoms with Crippen molar-refractivity contribution in [2.24, 2.45) is 0 Å². The van der Waals surface area contributed by atoms with Crippen molar-refractivity contribution in [1.29, 1.82) is 0 Å². The molecule has 7 rings (SSSR count). The summed E-state index contributed by atoms with van der Waals surface area (Å²) in [4.78, 5) is 12.5. The highest BCUT2D eigenvalue weighted by Gasteiger charge is 2.31. The monoisotopic (exact) mass is 649 g/mol. The smallest absolute Gasteiger partial charge is 0.193 e. The van der Waals surface area contributed by atoms with Gasteiger partial charge >= 0.3 is 0 Å². The second-order valence-electron chi connectivity index (χ2n) is 13.6. The highest BCUT2D eigenvalue weighted by Crippen LogP contribution is 2.23. The minimum absolute atomic E-state index is 0.0689. The molecule has 0 fully saturated rings. The molecule has 0 bridgehead atoms. The first kappa shape index (κ1) is 34.1. The van der Waals surface area contributed by atoms with Crippen LogP contribution in [-0.2, 0) is 6.54 Å². The van der Waals surface area contributed by atoms with E-state index < -0.39 is 6.15 Å². The van der Waals surface area contributed by atoms with Crippen molar-refractivity contribution in [3.8, 4) is 0 Å². The molecule has 0 aliphatic carbocycles. The van der Waals surface area contributed by atoms with Crippen LogP contribution in [0.1, 0.15) is 27.0 Å². The minimum Gasteiger partial charge on any atom is -0.292 e. The summed E-state index contributed by atoms with van der Waals surface area (Å²) < 4.78 is 0.770. The van der Waals surface area contributed by atoms with Gasteiger partial charge in [0.2, 0.25) is 0 Å². The molecule has 0 radical (unpaired) electrons. The fraction of sp³-hybridized carbons (Fsp3) is 0.0851. The van der Waals surface area contributed by atoms with Crippen molar-refractivity contribution >= 4 is 39.5 Å². The summed E-state index contributed by atoms with van der Waals surface area (Å²) in [5.41, 5.74) is 10.6. The van der Waals surface area contributed by atoms with Crippen molar-refractivity contribution in [3.05, 3.63) is 222 Å². The summed E-state index contributed by atoms with van der Waals surface area (Å²) >= 11 is 0. The fourth-order valence-corrected chi connectivity index (χ4v) is 7.14. The zero-order chi connectivity index (χ0) is 34.8. The van der Waals surface area contributed by atoms with Crippen LogP contribution in [0.25, 0.3) is 0 Å². The van der Waals surface area contributed by atoms with E-state index in [2.05, 4.69) is 179 Å². The molecule has 246 valence electrons. The predicted molar refractivity (Wildman–Crippen MR) is 215 cm³/mol. The van der Waals surface area contributed by atoms with Gasteiger partial charge in [-0.1, -0.05) is 194 Å². The van der Waals surface area contributed by atoms with Crippen LogP contribution in [-0.4, -0.2) is 26.0 Å². The Labute approximate surface area is 297 Å². The second kappa shape index (κ2) is 15.6. The van der Waals surface area contributed by atoms with E-state index in [4.69, 9.17) is 0 Å². The van der Waals surface area contributed by atoms with Gasteiger partial charge in [-0.15, -0.1) is 0 Å². The number of carbonyl (C=O) groups excluding carboxylic acids is 1.